The van der Waals surface area contributed by atoms with E-state index in [1.165, 1.54) is 21.8 Å². The number of nitrogens with zero attached hydrogens (tertiary/aromatic N) is 5. The summed E-state index contributed by atoms with van der Waals surface area (Å²) in [4.78, 5) is 35.1. The van der Waals surface area contributed by atoms with Gasteiger partial charge in [-0.15, -0.1) is 0 Å². The van der Waals surface area contributed by atoms with Crippen molar-refractivity contribution in [2.75, 3.05) is 5.32 Å². The van der Waals surface area contributed by atoms with Crippen LogP contribution in [0.15, 0.2) is 12.4 Å². The van der Waals surface area contributed by atoms with Crippen molar-refractivity contribution in [3.05, 3.63) is 33.9 Å². The Kier molecular flexibility index (Phi) is 5.70. The van der Waals surface area contributed by atoms with Crippen LogP contribution in [0.4, 0.5) is 11.4 Å². The van der Waals surface area contributed by atoms with Crippen LogP contribution in [0.3, 0.4) is 0 Å². The van der Waals surface area contributed by atoms with Crippen LogP contribution in [-0.4, -0.2) is 42.5 Å². The van der Waals surface area contributed by atoms with Gasteiger partial charge in [0.05, 0.1) is 16.7 Å². The number of carbonyl (C=O) groups is 2. The molecule has 0 aromatic carbocycles. The van der Waals surface area contributed by atoms with E-state index >= 15 is 0 Å². The van der Waals surface area contributed by atoms with Crippen LogP contribution in [0.1, 0.15) is 48.7 Å². The molecule has 0 aliphatic heterocycles. The molecule has 0 saturated heterocycles. The number of nitrogens with one attached hydrogen (secondary N) is 1. The third-order valence-electron chi connectivity index (χ3n) is 3.35. The fraction of sp³-hybridized carbons (Fsp3) is 0.467. The SMILES string of the molecule is CCn1cc(NC(=O)c2nn(CC)cc2[N+](=O)[O-])c(C(=O)OC(C)C)n1. The zero-order valence-corrected chi connectivity index (χ0v) is 14.9. The van der Waals surface area contributed by atoms with Crippen molar-refractivity contribution < 1.29 is 19.2 Å². The van der Waals surface area contributed by atoms with Gasteiger partial charge in [-0.05, 0) is 27.7 Å². The Bertz CT molecular complexity index is 838. The normalized spacial score (nSPS) is 10.8. The molecule has 0 radical (unpaired) electrons. The number of ether oxygens (including phenoxy) is 1. The molecular formula is C15H20N6O5. The van der Waals surface area contributed by atoms with Crippen molar-refractivity contribution in [1.82, 2.24) is 19.6 Å². The summed E-state index contributed by atoms with van der Waals surface area (Å²) in [5.41, 5.74) is -0.739. The molecule has 0 atom stereocenters. The third-order valence-corrected chi connectivity index (χ3v) is 3.35. The number of nitro groups is 1. The molecule has 0 spiro atoms. The van der Waals surface area contributed by atoms with Gasteiger partial charge in [-0.25, -0.2) is 4.79 Å². The average molecular weight is 364 g/mol. The number of hydrogen-bond donors (Lipinski definition) is 1. The summed E-state index contributed by atoms with van der Waals surface area (Å²) in [6.07, 6.45) is 2.27. The molecule has 0 aliphatic rings. The van der Waals surface area contributed by atoms with E-state index in [0.29, 0.717) is 13.1 Å². The molecule has 11 heteroatoms. The second-order valence-corrected chi connectivity index (χ2v) is 5.63. The van der Waals surface area contributed by atoms with Crippen LogP contribution in [0.2, 0.25) is 0 Å². The van der Waals surface area contributed by atoms with Gasteiger partial charge in [0.15, 0.2) is 5.69 Å². The van der Waals surface area contributed by atoms with E-state index in [-0.39, 0.29) is 23.2 Å². The van der Waals surface area contributed by atoms with Crippen molar-refractivity contribution in [3.8, 4) is 0 Å². The Morgan fingerprint density at radius 2 is 1.77 bits per heavy atom. The average Bonchev–Trinajstić information content (AvgIpc) is 3.18. The highest BCUT2D eigenvalue weighted by molar-refractivity contribution is 6.08. The summed E-state index contributed by atoms with van der Waals surface area (Å²) in [7, 11) is 0. The summed E-state index contributed by atoms with van der Waals surface area (Å²) in [5.74, 6) is -1.51. The fourth-order valence-corrected chi connectivity index (χ4v) is 2.15. The van der Waals surface area contributed by atoms with Crippen LogP contribution in [-0.2, 0) is 17.8 Å². The minimum absolute atomic E-state index is 0.0773. The molecular weight excluding hydrogens is 344 g/mol. The first-order chi connectivity index (χ1) is 12.3. The molecule has 2 rings (SSSR count). The van der Waals surface area contributed by atoms with Gasteiger partial charge < -0.3 is 10.1 Å². The lowest BCUT2D eigenvalue weighted by Crippen LogP contribution is -2.18. The van der Waals surface area contributed by atoms with Crippen LogP contribution in [0.25, 0.3) is 0 Å². The predicted molar refractivity (Wildman–Crippen MR) is 91.0 cm³/mol. The number of rotatable bonds is 7. The second-order valence-electron chi connectivity index (χ2n) is 5.63. The second kappa shape index (κ2) is 7.76. The molecule has 1 amide bonds. The largest absolute Gasteiger partial charge is 0.458 e. The standard InChI is InChI=1S/C15H20N6O5/c1-5-19-7-10(12(17-19)15(23)26-9(3)4)16-14(22)13-11(21(24)25)8-20(6-2)18-13/h7-9H,5-6H2,1-4H3,(H,16,22). The molecule has 0 unspecified atom stereocenters. The maximum Gasteiger partial charge on any atom is 0.361 e. The summed E-state index contributed by atoms with van der Waals surface area (Å²) in [6.45, 7) is 7.76. The molecule has 0 saturated carbocycles. The molecule has 140 valence electrons. The minimum Gasteiger partial charge on any atom is -0.458 e. The van der Waals surface area contributed by atoms with E-state index in [4.69, 9.17) is 4.74 Å². The Labute approximate surface area is 149 Å². The third kappa shape index (κ3) is 4.05. The van der Waals surface area contributed by atoms with Crippen LogP contribution >= 0.6 is 0 Å². The number of aromatic nitrogens is 4. The van der Waals surface area contributed by atoms with Gasteiger partial charge >= 0.3 is 11.7 Å². The van der Waals surface area contributed by atoms with E-state index in [2.05, 4.69) is 15.5 Å². The maximum absolute atomic E-state index is 12.5. The minimum atomic E-state index is -0.807. The molecule has 26 heavy (non-hydrogen) atoms. The first-order valence-corrected chi connectivity index (χ1v) is 8.08. The smallest absolute Gasteiger partial charge is 0.361 e. The zero-order chi connectivity index (χ0) is 19.4. The van der Waals surface area contributed by atoms with Gasteiger partial charge in [0.2, 0.25) is 5.69 Å². The number of esters is 1. The number of hydrogen-bond acceptors (Lipinski definition) is 7. The molecule has 1 N–H and O–H groups in total. The quantitative estimate of drug-likeness (QED) is 0.450. The van der Waals surface area contributed by atoms with Gasteiger partial charge in [0.1, 0.15) is 6.20 Å². The lowest BCUT2D eigenvalue weighted by molar-refractivity contribution is -0.385. The first-order valence-electron chi connectivity index (χ1n) is 8.08. The monoisotopic (exact) mass is 364 g/mol. The summed E-state index contributed by atoms with van der Waals surface area (Å²) in [6, 6.07) is 0. The number of amides is 1. The van der Waals surface area contributed by atoms with E-state index in [1.807, 2.05) is 6.92 Å². The van der Waals surface area contributed by atoms with Crippen molar-refractivity contribution in [2.45, 2.75) is 46.9 Å². The van der Waals surface area contributed by atoms with E-state index in [0.717, 1.165) is 0 Å². The van der Waals surface area contributed by atoms with Crippen molar-refractivity contribution in [2.24, 2.45) is 0 Å². The first kappa shape index (κ1) is 19.1. The summed E-state index contributed by atoms with van der Waals surface area (Å²) >= 11 is 0. The van der Waals surface area contributed by atoms with Crippen LogP contribution in [0, 0.1) is 10.1 Å². The molecule has 0 bridgehead atoms. The van der Waals surface area contributed by atoms with Gasteiger partial charge in [-0.1, -0.05) is 0 Å². The molecule has 2 heterocycles. The van der Waals surface area contributed by atoms with Crippen molar-refractivity contribution in [3.63, 3.8) is 0 Å². The van der Waals surface area contributed by atoms with Gasteiger partial charge in [0.25, 0.3) is 5.91 Å². The summed E-state index contributed by atoms with van der Waals surface area (Å²) in [5, 5.41) is 21.6. The van der Waals surface area contributed by atoms with Crippen molar-refractivity contribution >= 4 is 23.3 Å². The Morgan fingerprint density at radius 1 is 1.19 bits per heavy atom. The van der Waals surface area contributed by atoms with E-state index in [9.17, 15) is 19.7 Å². The van der Waals surface area contributed by atoms with Gasteiger partial charge in [0, 0.05) is 19.3 Å². The number of aryl methyl sites for hydroxylation is 2. The highest BCUT2D eigenvalue weighted by atomic mass is 16.6. The molecule has 11 nitrogen and oxygen atoms in total. The molecule has 0 aliphatic carbocycles. The Balaban J connectivity index is 2.34. The highest BCUT2D eigenvalue weighted by Gasteiger charge is 2.28. The Hall–Kier alpha value is -3.24. The number of anilines is 1. The lowest BCUT2D eigenvalue weighted by atomic mass is 10.3. The van der Waals surface area contributed by atoms with Gasteiger partial charge in [-0.3, -0.25) is 24.3 Å². The topological polar surface area (TPSA) is 134 Å². The number of carbonyl (C=O) groups excluding carboxylic acids is 2. The van der Waals surface area contributed by atoms with Crippen LogP contribution in [0.5, 0.6) is 0 Å². The van der Waals surface area contributed by atoms with Gasteiger partial charge in [-0.2, -0.15) is 10.2 Å². The predicted octanol–water partition coefficient (Wildman–Crippen LogP) is 1.85. The lowest BCUT2D eigenvalue weighted by Gasteiger charge is -2.07. The molecule has 0 fully saturated rings. The molecule has 2 aromatic heterocycles. The summed E-state index contributed by atoms with van der Waals surface area (Å²) < 4.78 is 7.85. The highest BCUT2D eigenvalue weighted by Crippen LogP contribution is 2.21. The maximum atomic E-state index is 12.5. The molecule has 2 aromatic rings. The van der Waals surface area contributed by atoms with Crippen molar-refractivity contribution in [1.29, 1.82) is 0 Å². The fourth-order valence-electron chi connectivity index (χ4n) is 2.15. The van der Waals surface area contributed by atoms with E-state index in [1.54, 1.807) is 20.8 Å². The van der Waals surface area contributed by atoms with E-state index < -0.39 is 22.5 Å². The Morgan fingerprint density at radius 3 is 2.31 bits per heavy atom. The van der Waals surface area contributed by atoms with Crippen LogP contribution < -0.4 is 5.32 Å². The zero-order valence-electron chi connectivity index (χ0n) is 14.9.